The van der Waals surface area contributed by atoms with Crippen molar-refractivity contribution in [1.29, 1.82) is 0 Å². The zero-order chi connectivity index (χ0) is 21.4. The maximum absolute atomic E-state index is 12.9. The van der Waals surface area contributed by atoms with Gasteiger partial charge in [0.25, 0.3) is 21.7 Å². The minimum Gasteiger partial charge on any atom is -0.349 e. The van der Waals surface area contributed by atoms with Gasteiger partial charge in [0.2, 0.25) is 0 Å². The number of carbonyl (C=O) groups excluding carboxylic acids is 2. The number of aryl methyl sites for hydroxylation is 1. The molecule has 0 spiro atoms. The summed E-state index contributed by atoms with van der Waals surface area (Å²) in [5.41, 5.74) is -5.40. The maximum Gasteiger partial charge on any atom is 0.503 e. The number of rotatable bonds is 5. The van der Waals surface area contributed by atoms with E-state index in [0.717, 1.165) is 31.2 Å². The van der Waals surface area contributed by atoms with E-state index in [0.29, 0.717) is 5.56 Å². The monoisotopic (exact) mass is 427 g/mol. The number of amides is 2. The fraction of sp³-hybridized carbons (Fsp3) is 0.278. The molecule has 1 aliphatic rings. The van der Waals surface area contributed by atoms with E-state index in [9.17, 15) is 31.2 Å². The summed E-state index contributed by atoms with van der Waals surface area (Å²) in [6.07, 6.45) is 2.63. The van der Waals surface area contributed by atoms with Gasteiger partial charge in [-0.1, -0.05) is 6.07 Å². The van der Waals surface area contributed by atoms with Crippen LogP contribution in [0.5, 0.6) is 0 Å². The van der Waals surface area contributed by atoms with Gasteiger partial charge in [0.1, 0.15) is 0 Å². The van der Waals surface area contributed by atoms with Crippen molar-refractivity contribution in [2.24, 2.45) is 0 Å². The molecule has 0 radical (unpaired) electrons. The van der Waals surface area contributed by atoms with Crippen LogP contribution in [0.2, 0.25) is 0 Å². The molecule has 2 N–H and O–H groups in total. The van der Waals surface area contributed by atoms with Crippen molar-refractivity contribution in [3.63, 3.8) is 0 Å². The highest BCUT2D eigenvalue weighted by Crippen LogP contribution is 2.31. The van der Waals surface area contributed by atoms with Crippen molar-refractivity contribution in [2.45, 2.75) is 36.3 Å². The Hall–Kier alpha value is -2.95. The summed E-state index contributed by atoms with van der Waals surface area (Å²) >= 11 is 0. The normalized spacial score (nSPS) is 14.3. The molecule has 1 saturated carbocycles. The lowest BCUT2D eigenvalue weighted by Crippen LogP contribution is -2.28. The van der Waals surface area contributed by atoms with E-state index < -0.39 is 31.8 Å². The van der Waals surface area contributed by atoms with E-state index in [4.69, 9.17) is 0 Å². The molecule has 1 aliphatic carbocycles. The largest absolute Gasteiger partial charge is 0.503 e. The summed E-state index contributed by atoms with van der Waals surface area (Å²) in [7, 11) is -5.82. The van der Waals surface area contributed by atoms with E-state index >= 15 is 0 Å². The molecule has 1 heterocycles. The van der Waals surface area contributed by atoms with Crippen LogP contribution in [-0.2, 0) is 9.84 Å². The third-order valence-electron chi connectivity index (χ3n) is 4.24. The molecule has 11 heteroatoms. The zero-order valence-electron chi connectivity index (χ0n) is 15.1. The van der Waals surface area contributed by atoms with Crippen molar-refractivity contribution in [2.75, 3.05) is 5.32 Å². The predicted octanol–water partition coefficient (Wildman–Crippen LogP) is 2.83. The van der Waals surface area contributed by atoms with Crippen molar-refractivity contribution in [3.05, 3.63) is 53.2 Å². The second kappa shape index (κ2) is 7.47. The molecule has 1 fully saturated rings. The molecule has 0 saturated heterocycles. The van der Waals surface area contributed by atoms with E-state index in [1.807, 2.05) is 0 Å². The average Bonchev–Trinajstić information content (AvgIpc) is 3.46. The van der Waals surface area contributed by atoms with Crippen molar-refractivity contribution in [1.82, 2.24) is 10.3 Å². The number of aromatic nitrogens is 1. The van der Waals surface area contributed by atoms with Crippen LogP contribution in [0.3, 0.4) is 0 Å². The third kappa shape index (κ3) is 4.39. The standard InChI is InChI=1S/C18H16F3N3O4S/c1-10-4-5-11(15(25)23-12-6-7-12)9-14(10)24-16(26)13-3-2-8-22-17(13)29(27,28)18(19,20)21/h2-5,8-9,12H,6-7H2,1H3,(H,23,25)(H,24,26). The molecule has 2 aromatic rings. The Morgan fingerprint density at radius 3 is 2.45 bits per heavy atom. The van der Waals surface area contributed by atoms with Gasteiger partial charge in [-0.05, 0) is 49.6 Å². The van der Waals surface area contributed by atoms with E-state index in [1.54, 1.807) is 19.1 Å². The first-order chi connectivity index (χ1) is 13.5. The number of nitrogens with zero attached hydrogens (tertiary/aromatic N) is 1. The number of nitrogens with one attached hydrogen (secondary N) is 2. The van der Waals surface area contributed by atoms with Gasteiger partial charge in [-0.2, -0.15) is 13.2 Å². The van der Waals surface area contributed by atoms with Crippen molar-refractivity contribution < 1.29 is 31.2 Å². The number of hydrogen-bond donors (Lipinski definition) is 2. The molecular formula is C18H16F3N3O4S. The number of benzene rings is 1. The molecule has 3 rings (SSSR count). The molecule has 29 heavy (non-hydrogen) atoms. The number of hydrogen-bond acceptors (Lipinski definition) is 5. The SMILES string of the molecule is Cc1ccc(C(=O)NC2CC2)cc1NC(=O)c1cccnc1S(=O)(=O)C(F)(F)F. The van der Waals surface area contributed by atoms with Gasteiger partial charge in [0, 0.05) is 23.5 Å². The molecule has 0 bridgehead atoms. The Bertz CT molecular complexity index is 1080. The zero-order valence-corrected chi connectivity index (χ0v) is 15.9. The minimum atomic E-state index is -5.82. The summed E-state index contributed by atoms with van der Waals surface area (Å²) in [6, 6.07) is 6.68. The topological polar surface area (TPSA) is 105 Å². The van der Waals surface area contributed by atoms with Crippen LogP contribution in [0.1, 0.15) is 39.1 Å². The van der Waals surface area contributed by atoms with E-state index in [-0.39, 0.29) is 23.2 Å². The van der Waals surface area contributed by atoms with Crippen LogP contribution < -0.4 is 10.6 Å². The minimum absolute atomic E-state index is 0.118. The molecule has 1 aromatic heterocycles. The summed E-state index contributed by atoms with van der Waals surface area (Å²) in [6.45, 7) is 1.62. The fourth-order valence-corrected chi connectivity index (χ4v) is 3.34. The van der Waals surface area contributed by atoms with Gasteiger partial charge < -0.3 is 10.6 Å². The number of carbonyl (C=O) groups is 2. The smallest absolute Gasteiger partial charge is 0.349 e. The van der Waals surface area contributed by atoms with Gasteiger partial charge in [-0.15, -0.1) is 0 Å². The lowest BCUT2D eigenvalue weighted by molar-refractivity contribution is -0.0438. The maximum atomic E-state index is 12.9. The molecular weight excluding hydrogens is 411 g/mol. The Morgan fingerprint density at radius 1 is 1.14 bits per heavy atom. The number of alkyl halides is 3. The average molecular weight is 427 g/mol. The van der Waals surface area contributed by atoms with Gasteiger partial charge in [0.15, 0.2) is 5.03 Å². The van der Waals surface area contributed by atoms with E-state index in [1.165, 1.54) is 6.07 Å². The van der Waals surface area contributed by atoms with Crippen molar-refractivity contribution in [3.8, 4) is 0 Å². The van der Waals surface area contributed by atoms with Crippen LogP contribution >= 0.6 is 0 Å². The molecule has 2 amide bonds. The van der Waals surface area contributed by atoms with Gasteiger partial charge in [-0.3, -0.25) is 9.59 Å². The highest BCUT2D eigenvalue weighted by Gasteiger charge is 2.49. The Morgan fingerprint density at radius 2 is 1.83 bits per heavy atom. The Kier molecular flexibility index (Phi) is 5.35. The highest BCUT2D eigenvalue weighted by atomic mass is 32.2. The van der Waals surface area contributed by atoms with Gasteiger partial charge >= 0.3 is 5.51 Å². The number of halogens is 3. The van der Waals surface area contributed by atoms with Crippen LogP contribution in [0.25, 0.3) is 0 Å². The van der Waals surface area contributed by atoms with Crippen LogP contribution in [0.15, 0.2) is 41.6 Å². The Balaban J connectivity index is 1.91. The van der Waals surface area contributed by atoms with E-state index in [2.05, 4.69) is 15.6 Å². The molecule has 0 atom stereocenters. The molecule has 154 valence electrons. The summed E-state index contributed by atoms with van der Waals surface area (Å²) in [5, 5.41) is 3.76. The van der Waals surface area contributed by atoms with Gasteiger partial charge in [0.05, 0.1) is 5.56 Å². The highest BCUT2D eigenvalue weighted by molar-refractivity contribution is 7.92. The second-order valence-electron chi connectivity index (χ2n) is 6.54. The lowest BCUT2D eigenvalue weighted by atomic mass is 10.1. The first-order valence-corrected chi connectivity index (χ1v) is 9.98. The Labute approximate surface area is 164 Å². The van der Waals surface area contributed by atoms with Crippen molar-refractivity contribution >= 4 is 27.3 Å². The molecule has 7 nitrogen and oxygen atoms in total. The predicted molar refractivity (Wildman–Crippen MR) is 97.1 cm³/mol. The first kappa shape index (κ1) is 20.8. The number of anilines is 1. The molecule has 0 unspecified atom stereocenters. The van der Waals surface area contributed by atoms with Gasteiger partial charge in [-0.25, -0.2) is 13.4 Å². The lowest BCUT2D eigenvalue weighted by Gasteiger charge is -2.13. The molecule has 1 aromatic carbocycles. The van der Waals surface area contributed by atoms with Crippen LogP contribution in [-0.4, -0.2) is 36.8 Å². The third-order valence-corrected chi connectivity index (χ3v) is 5.68. The molecule has 0 aliphatic heterocycles. The van der Waals surface area contributed by atoms with Crippen LogP contribution in [0, 0.1) is 6.92 Å². The number of pyridine rings is 1. The summed E-state index contributed by atoms with van der Waals surface area (Å²) in [4.78, 5) is 28.0. The quantitative estimate of drug-likeness (QED) is 0.764. The second-order valence-corrected chi connectivity index (χ2v) is 8.39. The fourth-order valence-electron chi connectivity index (χ4n) is 2.47. The summed E-state index contributed by atoms with van der Waals surface area (Å²) < 4.78 is 62.2. The van der Waals surface area contributed by atoms with Crippen LogP contribution in [0.4, 0.5) is 18.9 Å². The number of sulfone groups is 1. The summed E-state index contributed by atoms with van der Waals surface area (Å²) in [5.74, 6) is -1.44. The first-order valence-electron chi connectivity index (χ1n) is 8.50.